The molecule has 3 nitrogen and oxygen atoms in total. The van der Waals surface area contributed by atoms with Gasteiger partial charge in [-0.05, 0) is 37.9 Å². The Morgan fingerprint density at radius 3 is 2.40 bits per heavy atom. The highest BCUT2D eigenvalue weighted by atomic mass is 19.1. The fourth-order valence-corrected chi connectivity index (χ4v) is 1.25. The van der Waals surface area contributed by atoms with Crippen LogP contribution in [0.1, 0.15) is 19.4 Å². The standard InChI is InChI=1S/C10H14BFO3/c1-6(2)15-9-5-8(11(13)14)4-7(3)10(9)12/h4-6,13-14H,1-3H3. The van der Waals surface area contributed by atoms with Crippen LogP contribution in [0.3, 0.4) is 0 Å². The molecule has 1 aromatic carbocycles. The highest BCUT2D eigenvalue weighted by Crippen LogP contribution is 2.19. The monoisotopic (exact) mass is 212 g/mol. The lowest BCUT2D eigenvalue weighted by Crippen LogP contribution is -2.30. The van der Waals surface area contributed by atoms with Crippen LogP contribution in [0.2, 0.25) is 0 Å². The Labute approximate surface area is 88.7 Å². The fourth-order valence-electron chi connectivity index (χ4n) is 1.25. The van der Waals surface area contributed by atoms with Gasteiger partial charge in [-0.2, -0.15) is 0 Å². The Morgan fingerprint density at radius 2 is 1.93 bits per heavy atom. The molecule has 0 spiro atoms. The molecule has 0 atom stereocenters. The van der Waals surface area contributed by atoms with Crippen LogP contribution >= 0.6 is 0 Å². The lowest BCUT2D eigenvalue weighted by Gasteiger charge is -2.13. The van der Waals surface area contributed by atoms with E-state index >= 15 is 0 Å². The summed E-state index contributed by atoms with van der Waals surface area (Å²) in [7, 11) is -1.61. The molecule has 0 saturated heterocycles. The van der Waals surface area contributed by atoms with Crippen molar-refractivity contribution < 1.29 is 19.2 Å². The first-order valence-electron chi connectivity index (χ1n) is 4.74. The quantitative estimate of drug-likeness (QED) is 0.721. The van der Waals surface area contributed by atoms with Gasteiger partial charge in [0, 0.05) is 0 Å². The summed E-state index contributed by atoms with van der Waals surface area (Å²) in [6, 6.07) is 2.68. The van der Waals surface area contributed by atoms with Gasteiger partial charge in [0.15, 0.2) is 11.6 Å². The molecule has 0 bridgehead atoms. The summed E-state index contributed by atoms with van der Waals surface area (Å²) in [5.74, 6) is -0.416. The van der Waals surface area contributed by atoms with E-state index < -0.39 is 12.9 Å². The van der Waals surface area contributed by atoms with Crippen LogP contribution in [0, 0.1) is 12.7 Å². The van der Waals surface area contributed by atoms with Gasteiger partial charge in [0.05, 0.1) is 6.10 Å². The van der Waals surface area contributed by atoms with Crippen LogP contribution in [-0.4, -0.2) is 23.3 Å². The van der Waals surface area contributed by atoms with E-state index in [1.54, 1.807) is 20.8 Å². The minimum absolute atomic E-state index is 0.0492. The van der Waals surface area contributed by atoms with Crippen molar-refractivity contribution >= 4 is 12.6 Å². The number of benzene rings is 1. The van der Waals surface area contributed by atoms with Crippen molar-refractivity contribution in [3.8, 4) is 5.75 Å². The van der Waals surface area contributed by atoms with Gasteiger partial charge in [0.25, 0.3) is 0 Å². The number of halogens is 1. The van der Waals surface area contributed by atoms with Crippen LogP contribution in [0.15, 0.2) is 12.1 Å². The van der Waals surface area contributed by atoms with Crippen LogP contribution in [0.25, 0.3) is 0 Å². The molecule has 2 N–H and O–H groups in total. The molecule has 0 aliphatic heterocycles. The predicted octanol–water partition coefficient (Wildman–Crippen LogP) is 0.601. The van der Waals surface area contributed by atoms with Gasteiger partial charge in [-0.15, -0.1) is 0 Å². The molecule has 0 heterocycles. The zero-order chi connectivity index (χ0) is 11.6. The van der Waals surface area contributed by atoms with Crippen molar-refractivity contribution in [3.63, 3.8) is 0 Å². The summed E-state index contributed by atoms with van der Waals surface area (Å²) in [6.07, 6.45) is -0.162. The summed E-state index contributed by atoms with van der Waals surface area (Å²) in [5, 5.41) is 18.0. The van der Waals surface area contributed by atoms with Gasteiger partial charge in [-0.25, -0.2) is 4.39 Å². The smallest absolute Gasteiger partial charge is 0.488 e. The van der Waals surface area contributed by atoms with Crippen molar-refractivity contribution in [2.45, 2.75) is 26.9 Å². The lowest BCUT2D eigenvalue weighted by atomic mass is 9.79. The molecule has 0 aromatic heterocycles. The van der Waals surface area contributed by atoms with E-state index in [4.69, 9.17) is 14.8 Å². The maximum Gasteiger partial charge on any atom is 0.488 e. The Kier molecular flexibility index (Phi) is 3.71. The molecule has 1 aromatic rings. The first-order chi connectivity index (χ1) is 6.91. The third-order valence-corrected chi connectivity index (χ3v) is 1.90. The minimum atomic E-state index is -1.61. The van der Waals surface area contributed by atoms with E-state index in [1.165, 1.54) is 12.1 Å². The summed E-state index contributed by atoms with van der Waals surface area (Å²) < 4.78 is 18.7. The summed E-state index contributed by atoms with van der Waals surface area (Å²) in [5.41, 5.74) is 0.556. The largest absolute Gasteiger partial charge is 0.488 e. The van der Waals surface area contributed by atoms with E-state index in [0.717, 1.165) is 0 Å². The molecule has 0 fully saturated rings. The van der Waals surface area contributed by atoms with Crippen LogP contribution in [0.4, 0.5) is 4.39 Å². The Balaban J connectivity index is 3.13. The Bertz CT molecular complexity index is 353. The van der Waals surface area contributed by atoms with Gasteiger partial charge in [0.2, 0.25) is 0 Å². The van der Waals surface area contributed by atoms with E-state index in [9.17, 15) is 4.39 Å². The summed E-state index contributed by atoms with van der Waals surface area (Å²) >= 11 is 0. The van der Waals surface area contributed by atoms with E-state index in [2.05, 4.69) is 0 Å². The summed E-state index contributed by atoms with van der Waals surface area (Å²) in [6.45, 7) is 5.10. The Morgan fingerprint density at radius 1 is 1.33 bits per heavy atom. The molecule has 0 radical (unpaired) electrons. The fraction of sp³-hybridized carbons (Fsp3) is 0.400. The normalized spacial score (nSPS) is 10.6. The maximum atomic E-state index is 13.5. The summed E-state index contributed by atoms with van der Waals surface area (Å²) in [4.78, 5) is 0. The molecule has 0 unspecified atom stereocenters. The van der Waals surface area contributed by atoms with E-state index in [0.29, 0.717) is 5.56 Å². The molecule has 1 rings (SSSR count). The number of hydrogen-bond acceptors (Lipinski definition) is 3. The minimum Gasteiger partial charge on any atom is -0.488 e. The zero-order valence-corrected chi connectivity index (χ0v) is 8.99. The van der Waals surface area contributed by atoms with Crippen molar-refractivity contribution in [1.82, 2.24) is 0 Å². The molecule has 82 valence electrons. The number of rotatable bonds is 3. The molecule has 0 aliphatic carbocycles. The van der Waals surface area contributed by atoms with Crippen LogP contribution in [0.5, 0.6) is 5.75 Å². The van der Waals surface area contributed by atoms with Crippen molar-refractivity contribution in [3.05, 3.63) is 23.5 Å². The lowest BCUT2D eigenvalue weighted by molar-refractivity contribution is 0.231. The number of aryl methyl sites for hydroxylation is 1. The van der Waals surface area contributed by atoms with Crippen LogP contribution < -0.4 is 10.2 Å². The SMILES string of the molecule is Cc1cc(B(O)O)cc(OC(C)C)c1F. The van der Waals surface area contributed by atoms with E-state index in [-0.39, 0.29) is 17.3 Å². The topological polar surface area (TPSA) is 49.7 Å². The highest BCUT2D eigenvalue weighted by Gasteiger charge is 2.17. The molecule has 0 amide bonds. The molecule has 0 aliphatic rings. The second kappa shape index (κ2) is 4.64. The Hall–Kier alpha value is -1.07. The molecule has 15 heavy (non-hydrogen) atoms. The van der Waals surface area contributed by atoms with Crippen LogP contribution in [-0.2, 0) is 0 Å². The van der Waals surface area contributed by atoms with Gasteiger partial charge in [-0.3, -0.25) is 0 Å². The third-order valence-electron chi connectivity index (χ3n) is 1.90. The second-order valence-electron chi connectivity index (χ2n) is 3.69. The van der Waals surface area contributed by atoms with Crippen molar-refractivity contribution in [1.29, 1.82) is 0 Å². The van der Waals surface area contributed by atoms with Gasteiger partial charge < -0.3 is 14.8 Å². The number of ether oxygens (including phenoxy) is 1. The number of hydrogen-bond donors (Lipinski definition) is 2. The third kappa shape index (κ3) is 2.94. The molecule has 0 saturated carbocycles. The maximum absolute atomic E-state index is 13.5. The van der Waals surface area contributed by atoms with Gasteiger partial charge in [-0.1, -0.05) is 6.07 Å². The first-order valence-corrected chi connectivity index (χ1v) is 4.74. The molecule has 5 heteroatoms. The van der Waals surface area contributed by atoms with E-state index in [1.807, 2.05) is 0 Å². The van der Waals surface area contributed by atoms with Crippen molar-refractivity contribution in [2.24, 2.45) is 0 Å². The average molecular weight is 212 g/mol. The zero-order valence-electron chi connectivity index (χ0n) is 8.99. The van der Waals surface area contributed by atoms with Gasteiger partial charge >= 0.3 is 7.12 Å². The molecular formula is C10H14BFO3. The average Bonchev–Trinajstić information content (AvgIpc) is 2.11. The first kappa shape index (κ1) is 12.0. The second-order valence-corrected chi connectivity index (χ2v) is 3.69. The van der Waals surface area contributed by atoms with Gasteiger partial charge in [0.1, 0.15) is 0 Å². The highest BCUT2D eigenvalue weighted by molar-refractivity contribution is 6.58. The molecular weight excluding hydrogens is 198 g/mol. The predicted molar refractivity (Wildman–Crippen MR) is 56.7 cm³/mol. The van der Waals surface area contributed by atoms with Crippen molar-refractivity contribution in [2.75, 3.05) is 0 Å².